The van der Waals surface area contributed by atoms with Gasteiger partial charge in [0.25, 0.3) is 10.0 Å². The fourth-order valence-corrected chi connectivity index (χ4v) is 1.81. The maximum atomic E-state index is 10.9. The van der Waals surface area contributed by atoms with Crippen LogP contribution in [0.15, 0.2) is 59.5 Å². The smallest absolute Gasteiger partial charge is 0.254 e. The van der Waals surface area contributed by atoms with E-state index >= 15 is 0 Å². The largest absolute Gasteiger partial charge is 0.457 e. The monoisotopic (exact) mass is 248 g/mol. The quantitative estimate of drug-likeness (QED) is 0.837. The highest BCUT2D eigenvalue weighted by atomic mass is 32.2. The third kappa shape index (κ3) is 3.05. The van der Waals surface area contributed by atoms with Gasteiger partial charge in [0, 0.05) is 0 Å². The molecule has 2 aromatic rings. The Bertz CT molecular complexity index is 591. The summed E-state index contributed by atoms with van der Waals surface area (Å²) in [6.07, 6.45) is 0. The van der Waals surface area contributed by atoms with Crippen LogP contribution >= 0.6 is 0 Å². The molecule has 0 aromatic heterocycles. The molecule has 0 unspecified atom stereocenters. The zero-order valence-electron chi connectivity index (χ0n) is 8.83. The Balaban J connectivity index is 2.20. The Kier molecular flexibility index (Phi) is 3.12. The summed E-state index contributed by atoms with van der Waals surface area (Å²) in [5.74, 6) is 1.21. The predicted octanol–water partition coefficient (Wildman–Crippen LogP) is 2.45. The first-order valence-corrected chi connectivity index (χ1v) is 6.37. The molecule has 0 bridgehead atoms. The second-order valence-electron chi connectivity index (χ2n) is 3.39. The summed E-state index contributed by atoms with van der Waals surface area (Å²) in [6.45, 7) is 0. The Hall–Kier alpha value is -1.85. The predicted molar refractivity (Wildman–Crippen MR) is 63.2 cm³/mol. The maximum Gasteiger partial charge on any atom is 0.254 e. The van der Waals surface area contributed by atoms with Crippen molar-refractivity contribution in [3.8, 4) is 11.5 Å². The lowest BCUT2D eigenvalue weighted by Gasteiger charge is -2.05. The molecule has 87 valence electrons. The van der Waals surface area contributed by atoms with E-state index in [1.807, 2.05) is 18.2 Å². The van der Waals surface area contributed by atoms with Crippen molar-refractivity contribution in [3.63, 3.8) is 0 Å². The van der Waals surface area contributed by atoms with E-state index in [2.05, 4.69) is 0 Å². The molecule has 0 heterocycles. The number of hydrogen-bond donors (Lipinski definition) is 0. The van der Waals surface area contributed by atoms with Gasteiger partial charge in [-0.2, -0.15) is 0 Å². The molecule has 0 aliphatic rings. The lowest BCUT2D eigenvalue weighted by Crippen LogP contribution is -1.99. The Morgan fingerprint density at radius 1 is 0.824 bits per heavy atom. The minimum absolute atomic E-state index is 0.0436. The molecule has 1 radical (unpaired) electrons. The van der Waals surface area contributed by atoms with Crippen LogP contribution in [-0.2, 0) is 10.0 Å². The normalized spacial score (nSPS) is 11.1. The number of ether oxygens (including phenoxy) is 1. The molecule has 5 heteroatoms. The van der Waals surface area contributed by atoms with Crippen molar-refractivity contribution in [1.82, 2.24) is 5.14 Å². The van der Waals surface area contributed by atoms with Crippen LogP contribution in [0, 0.1) is 0 Å². The Morgan fingerprint density at radius 2 is 1.35 bits per heavy atom. The van der Waals surface area contributed by atoms with Crippen LogP contribution in [0.5, 0.6) is 11.5 Å². The third-order valence-corrected chi connectivity index (χ3v) is 3.01. The number of nitrogens with one attached hydrogen (secondary N) is 1. The van der Waals surface area contributed by atoms with Gasteiger partial charge < -0.3 is 4.74 Å². The van der Waals surface area contributed by atoms with Crippen LogP contribution in [0.1, 0.15) is 0 Å². The average molecular weight is 248 g/mol. The molecule has 0 atom stereocenters. The number of hydrogen-bond acceptors (Lipinski definition) is 3. The summed E-state index contributed by atoms with van der Waals surface area (Å²) in [7, 11) is -3.90. The van der Waals surface area contributed by atoms with Crippen molar-refractivity contribution in [2.24, 2.45) is 0 Å². The maximum absolute atomic E-state index is 10.9. The second-order valence-corrected chi connectivity index (χ2v) is 4.87. The van der Waals surface area contributed by atoms with E-state index in [0.717, 1.165) is 0 Å². The van der Waals surface area contributed by atoms with Crippen LogP contribution in [-0.4, -0.2) is 8.42 Å². The van der Waals surface area contributed by atoms with Gasteiger partial charge in [0.05, 0.1) is 4.90 Å². The van der Waals surface area contributed by atoms with Crippen molar-refractivity contribution >= 4 is 10.0 Å². The summed E-state index contributed by atoms with van der Waals surface area (Å²) in [5.41, 5.74) is 0. The lowest BCUT2D eigenvalue weighted by molar-refractivity contribution is 0.482. The van der Waals surface area contributed by atoms with Crippen LogP contribution in [0.4, 0.5) is 0 Å². The number of benzene rings is 2. The fourth-order valence-electron chi connectivity index (χ4n) is 1.31. The van der Waals surface area contributed by atoms with Gasteiger partial charge in [0.2, 0.25) is 0 Å². The Labute approximate surface area is 99.7 Å². The first-order chi connectivity index (χ1) is 8.05. The Morgan fingerprint density at radius 3 is 1.88 bits per heavy atom. The van der Waals surface area contributed by atoms with Gasteiger partial charge >= 0.3 is 0 Å². The van der Waals surface area contributed by atoms with Gasteiger partial charge in [0.1, 0.15) is 11.5 Å². The zero-order valence-corrected chi connectivity index (χ0v) is 9.65. The van der Waals surface area contributed by atoms with Gasteiger partial charge in [-0.3, -0.25) is 0 Å². The number of sulfonamides is 1. The van der Waals surface area contributed by atoms with Crippen molar-refractivity contribution in [3.05, 3.63) is 54.6 Å². The molecule has 0 amide bonds. The van der Waals surface area contributed by atoms with E-state index in [1.165, 1.54) is 24.3 Å². The first kappa shape index (κ1) is 11.6. The standard InChI is InChI=1S/C12H10NO3S/c13-17(14,15)12-8-6-11(7-9-12)16-10-4-2-1-3-5-10/h1-9,13H. The fraction of sp³-hybridized carbons (Fsp3) is 0. The van der Waals surface area contributed by atoms with Gasteiger partial charge in [-0.05, 0) is 36.4 Å². The molecule has 17 heavy (non-hydrogen) atoms. The zero-order chi connectivity index (χ0) is 12.3. The molecule has 2 aromatic carbocycles. The van der Waals surface area contributed by atoms with Gasteiger partial charge in [-0.25, -0.2) is 8.42 Å². The highest BCUT2D eigenvalue weighted by Gasteiger charge is 2.08. The summed E-state index contributed by atoms with van der Waals surface area (Å²) in [5, 5.41) is 6.90. The second kappa shape index (κ2) is 4.57. The SMILES string of the molecule is [NH]S(=O)(=O)c1ccc(Oc2ccccc2)cc1. The van der Waals surface area contributed by atoms with E-state index in [1.54, 1.807) is 12.1 Å². The van der Waals surface area contributed by atoms with Crippen LogP contribution < -0.4 is 9.88 Å². The molecule has 0 fully saturated rings. The van der Waals surface area contributed by atoms with Crippen LogP contribution in [0.2, 0.25) is 0 Å². The molecule has 0 saturated heterocycles. The molecule has 4 nitrogen and oxygen atoms in total. The lowest BCUT2D eigenvalue weighted by atomic mass is 10.3. The summed E-state index contributed by atoms with van der Waals surface area (Å²) < 4.78 is 27.3. The highest BCUT2D eigenvalue weighted by Crippen LogP contribution is 2.22. The van der Waals surface area contributed by atoms with Crippen molar-refractivity contribution in [2.75, 3.05) is 0 Å². The van der Waals surface area contributed by atoms with Crippen molar-refractivity contribution in [2.45, 2.75) is 4.90 Å². The molecular formula is C12H10NO3S. The van der Waals surface area contributed by atoms with E-state index < -0.39 is 10.0 Å². The van der Waals surface area contributed by atoms with E-state index in [4.69, 9.17) is 9.88 Å². The first-order valence-electron chi connectivity index (χ1n) is 4.88. The van der Waals surface area contributed by atoms with Crippen molar-refractivity contribution < 1.29 is 13.2 Å². The molecule has 0 spiro atoms. The van der Waals surface area contributed by atoms with E-state index in [-0.39, 0.29) is 4.90 Å². The third-order valence-electron chi connectivity index (χ3n) is 2.11. The summed E-state index contributed by atoms with van der Waals surface area (Å²) in [4.78, 5) is -0.0436. The summed E-state index contributed by atoms with van der Waals surface area (Å²) >= 11 is 0. The van der Waals surface area contributed by atoms with Crippen molar-refractivity contribution in [1.29, 1.82) is 0 Å². The van der Waals surface area contributed by atoms with Crippen LogP contribution in [0.25, 0.3) is 0 Å². The van der Waals surface area contributed by atoms with Gasteiger partial charge in [-0.15, -0.1) is 5.14 Å². The van der Waals surface area contributed by atoms with E-state index in [9.17, 15) is 8.42 Å². The molecule has 0 saturated carbocycles. The number of rotatable bonds is 3. The minimum Gasteiger partial charge on any atom is -0.457 e. The molecule has 0 aliphatic carbocycles. The average Bonchev–Trinajstić information content (AvgIpc) is 2.30. The molecule has 1 N–H and O–H groups in total. The molecule has 2 rings (SSSR count). The topological polar surface area (TPSA) is 67.2 Å². The van der Waals surface area contributed by atoms with Crippen LogP contribution in [0.3, 0.4) is 0 Å². The van der Waals surface area contributed by atoms with E-state index in [0.29, 0.717) is 11.5 Å². The van der Waals surface area contributed by atoms with Gasteiger partial charge in [-0.1, -0.05) is 18.2 Å². The van der Waals surface area contributed by atoms with Gasteiger partial charge in [0.15, 0.2) is 0 Å². The minimum atomic E-state index is -3.90. The summed E-state index contributed by atoms with van der Waals surface area (Å²) in [6, 6.07) is 14.9. The molecular weight excluding hydrogens is 238 g/mol. The number of para-hydroxylation sites is 1. The molecule has 0 aliphatic heterocycles. The highest BCUT2D eigenvalue weighted by molar-refractivity contribution is 7.88.